The van der Waals surface area contributed by atoms with Crippen LogP contribution in [0.15, 0.2) is 48.5 Å². The van der Waals surface area contributed by atoms with Crippen LogP contribution in [0.3, 0.4) is 0 Å². The lowest BCUT2D eigenvalue weighted by molar-refractivity contribution is -0.142. The quantitative estimate of drug-likeness (QED) is 0.488. The van der Waals surface area contributed by atoms with E-state index in [0.717, 1.165) is 5.56 Å². The third kappa shape index (κ3) is 7.21. The van der Waals surface area contributed by atoms with Gasteiger partial charge in [-0.05, 0) is 70.4 Å². The van der Waals surface area contributed by atoms with Crippen LogP contribution in [0.25, 0.3) is 0 Å². The number of benzene rings is 2. The van der Waals surface area contributed by atoms with Crippen LogP contribution in [0.2, 0.25) is 0 Å². The highest BCUT2D eigenvalue weighted by molar-refractivity contribution is 5.99. The average Bonchev–Trinajstić information content (AvgIpc) is 3.65. The summed E-state index contributed by atoms with van der Waals surface area (Å²) in [5.74, 6) is -0.309. The number of hydrogen-bond acceptors (Lipinski definition) is 6. The van der Waals surface area contributed by atoms with Crippen LogP contribution in [0.4, 0.5) is 10.5 Å². The highest BCUT2D eigenvalue weighted by atomic mass is 16.6. The molecule has 2 atom stereocenters. The number of nitrogens with one attached hydrogen (secondary N) is 2. The molecule has 1 saturated carbocycles. The summed E-state index contributed by atoms with van der Waals surface area (Å²) in [4.78, 5) is 41.1. The minimum absolute atomic E-state index is 0.195. The smallest absolute Gasteiger partial charge is 0.408 e. The summed E-state index contributed by atoms with van der Waals surface area (Å²) >= 11 is 0. The molecular weight excluding hydrogens is 462 g/mol. The summed E-state index contributed by atoms with van der Waals surface area (Å²) in [6.45, 7) is 6.41. The fraction of sp³-hybridized carbons (Fsp3) is 0.444. The first-order valence-corrected chi connectivity index (χ1v) is 12.0. The number of methoxy groups -OCH3 is 1. The van der Waals surface area contributed by atoms with E-state index in [4.69, 9.17) is 9.47 Å². The fourth-order valence-corrected chi connectivity index (χ4v) is 3.76. The van der Waals surface area contributed by atoms with Crippen LogP contribution in [-0.2, 0) is 14.3 Å². The van der Waals surface area contributed by atoms with E-state index in [1.807, 2.05) is 31.2 Å². The molecule has 1 fully saturated rings. The zero-order chi connectivity index (χ0) is 26.5. The van der Waals surface area contributed by atoms with Gasteiger partial charge in [-0.3, -0.25) is 9.59 Å². The lowest BCUT2D eigenvalue weighted by Gasteiger charge is -2.34. The topological polar surface area (TPSA) is 117 Å². The van der Waals surface area contributed by atoms with Gasteiger partial charge in [-0.2, -0.15) is 0 Å². The van der Waals surface area contributed by atoms with Gasteiger partial charge in [0.05, 0.1) is 13.7 Å². The molecule has 36 heavy (non-hydrogen) atoms. The van der Waals surface area contributed by atoms with E-state index in [2.05, 4.69) is 10.6 Å². The second kappa shape index (κ2) is 11.4. The van der Waals surface area contributed by atoms with E-state index in [1.54, 1.807) is 52.1 Å². The Bertz CT molecular complexity index is 1060. The Balaban J connectivity index is 1.91. The van der Waals surface area contributed by atoms with Crippen LogP contribution in [0.1, 0.15) is 50.8 Å². The van der Waals surface area contributed by atoms with Crippen molar-refractivity contribution in [2.24, 2.45) is 0 Å². The Labute approximate surface area is 211 Å². The van der Waals surface area contributed by atoms with Gasteiger partial charge in [-0.1, -0.05) is 29.8 Å². The van der Waals surface area contributed by atoms with Gasteiger partial charge in [0.1, 0.15) is 23.4 Å². The van der Waals surface area contributed by atoms with Crippen molar-refractivity contribution in [2.45, 2.75) is 64.3 Å². The number of aryl methyl sites for hydroxylation is 1. The number of alkyl carbamates (subject to hydrolysis) is 1. The van der Waals surface area contributed by atoms with Crippen molar-refractivity contribution in [3.8, 4) is 5.75 Å². The number of rotatable bonds is 9. The van der Waals surface area contributed by atoms with Crippen molar-refractivity contribution in [1.29, 1.82) is 0 Å². The first-order valence-electron chi connectivity index (χ1n) is 12.0. The Morgan fingerprint density at radius 3 is 2.17 bits per heavy atom. The predicted molar refractivity (Wildman–Crippen MR) is 136 cm³/mol. The maximum absolute atomic E-state index is 13.7. The first kappa shape index (κ1) is 27.0. The maximum Gasteiger partial charge on any atom is 0.408 e. The molecule has 9 nitrogen and oxygen atoms in total. The fourth-order valence-electron chi connectivity index (χ4n) is 3.76. The molecule has 2 aromatic carbocycles. The van der Waals surface area contributed by atoms with E-state index < -0.39 is 42.2 Å². The van der Waals surface area contributed by atoms with Gasteiger partial charge in [0, 0.05) is 11.7 Å². The minimum atomic E-state index is -1.26. The third-order valence-electron chi connectivity index (χ3n) is 5.64. The lowest BCUT2D eigenvalue weighted by atomic mass is 10.0. The monoisotopic (exact) mass is 497 g/mol. The van der Waals surface area contributed by atoms with E-state index in [9.17, 15) is 19.5 Å². The summed E-state index contributed by atoms with van der Waals surface area (Å²) in [7, 11) is 1.56. The number of hydrogen-bond donors (Lipinski definition) is 3. The molecule has 1 aliphatic rings. The summed E-state index contributed by atoms with van der Waals surface area (Å²) in [5.41, 5.74) is 1.41. The normalized spacial score (nSPS) is 14.8. The molecule has 0 aromatic heterocycles. The molecule has 2 unspecified atom stereocenters. The van der Waals surface area contributed by atoms with E-state index in [1.165, 1.54) is 4.90 Å². The highest BCUT2D eigenvalue weighted by Gasteiger charge is 2.44. The van der Waals surface area contributed by atoms with Crippen LogP contribution >= 0.6 is 0 Å². The standard InChI is InChI=1S/C27H35N3O6/c1-17-6-8-18(9-7-17)23(24(32)28-19-10-14-21(35-5)15-11-19)30(20-12-13-20)25(33)22(16-31)29-26(34)36-27(2,3)4/h6-11,14-15,20,22-23,31H,12-13,16H2,1-5H3,(H,28,32)(H,29,34). The number of aliphatic hydroxyl groups excluding tert-OH is 1. The Morgan fingerprint density at radius 1 is 1.06 bits per heavy atom. The van der Waals surface area contributed by atoms with Gasteiger partial charge in [0.15, 0.2) is 0 Å². The van der Waals surface area contributed by atoms with Gasteiger partial charge < -0.3 is 30.1 Å². The first-order chi connectivity index (χ1) is 17.0. The van der Waals surface area contributed by atoms with E-state index in [0.29, 0.717) is 29.8 Å². The molecule has 0 heterocycles. The summed E-state index contributed by atoms with van der Waals surface area (Å²) in [5, 5.41) is 15.3. The number of amides is 3. The van der Waals surface area contributed by atoms with Gasteiger partial charge in [-0.25, -0.2) is 4.79 Å². The van der Waals surface area contributed by atoms with Crippen molar-refractivity contribution in [2.75, 3.05) is 19.0 Å². The Hall–Kier alpha value is -3.59. The van der Waals surface area contributed by atoms with Crippen molar-refractivity contribution >= 4 is 23.6 Å². The summed E-state index contributed by atoms with van der Waals surface area (Å²) < 4.78 is 10.4. The van der Waals surface area contributed by atoms with E-state index >= 15 is 0 Å². The minimum Gasteiger partial charge on any atom is -0.497 e. The van der Waals surface area contributed by atoms with Crippen molar-refractivity contribution in [1.82, 2.24) is 10.2 Å². The van der Waals surface area contributed by atoms with Crippen LogP contribution in [0.5, 0.6) is 5.75 Å². The molecule has 2 aromatic rings. The second-order valence-electron chi connectivity index (χ2n) is 9.89. The zero-order valence-electron chi connectivity index (χ0n) is 21.4. The van der Waals surface area contributed by atoms with Crippen molar-refractivity contribution in [3.05, 3.63) is 59.7 Å². The number of aliphatic hydroxyl groups is 1. The van der Waals surface area contributed by atoms with Crippen LogP contribution in [-0.4, -0.2) is 59.3 Å². The Morgan fingerprint density at radius 2 is 1.67 bits per heavy atom. The number of ether oxygens (including phenoxy) is 2. The largest absolute Gasteiger partial charge is 0.497 e. The molecule has 3 rings (SSSR count). The lowest BCUT2D eigenvalue weighted by Crippen LogP contribution is -2.54. The Kier molecular flexibility index (Phi) is 8.57. The molecule has 3 amide bonds. The molecule has 0 aliphatic heterocycles. The molecule has 3 N–H and O–H groups in total. The van der Waals surface area contributed by atoms with Gasteiger partial charge in [0.25, 0.3) is 5.91 Å². The summed E-state index contributed by atoms with van der Waals surface area (Å²) in [6.07, 6.45) is 0.614. The van der Waals surface area contributed by atoms with E-state index in [-0.39, 0.29) is 6.04 Å². The zero-order valence-corrected chi connectivity index (χ0v) is 21.4. The molecular formula is C27H35N3O6. The van der Waals surface area contributed by atoms with Crippen LogP contribution < -0.4 is 15.4 Å². The van der Waals surface area contributed by atoms with Crippen LogP contribution in [0, 0.1) is 6.92 Å². The van der Waals surface area contributed by atoms with Gasteiger partial charge >= 0.3 is 6.09 Å². The average molecular weight is 498 g/mol. The second-order valence-corrected chi connectivity index (χ2v) is 9.89. The van der Waals surface area contributed by atoms with Gasteiger partial charge in [0.2, 0.25) is 5.91 Å². The maximum atomic E-state index is 13.7. The van der Waals surface area contributed by atoms with Crippen molar-refractivity contribution in [3.63, 3.8) is 0 Å². The molecule has 0 spiro atoms. The number of nitrogens with zero attached hydrogens (tertiary/aromatic N) is 1. The molecule has 0 saturated heterocycles. The number of carbonyl (C=O) groups excluding carboxylic acids is 3. The molecule has 0 radical (unpaired) electrons. The molecule has 1 aliphatic carbocycles. The number of carbonyl (C=O) groups is 3. The van der Waals surface area contributed by atoms with Gasteiger partial charge in [-0.15, -0.1) is 0 Å². The summed E-state index contributed by atoms with van der Waals surface area (Å²) in [6, 6.07) is 11.8. The molecule has 9 heteroatoms. The highest BCUT2D eigenvalue weighted by Crippen LogP contribution is 2.36. The SMILES string of the molecule is COc1ccc(NC(=O)C(c2ccc(C)cc2)N(C(=O)C(CO)NC(=O)OC(C)(C)C)C2CC2)cc1. The third-order valence-corrected chi connectivity index (χ3v) is 5.64. The molecule has 0 bridgehead atoms. The number of anilines is 1. The molecule has 194 valence electrons. The predicted octanol–water partition coefficient (Wildman–Crippen LogP) is 3.56. The van der Waals surface area contributed by atoms with Crippen molar-refractivity contribution < 1.29 is 29.0 Å².